The van der Waals surface area contributed by atoms with Crippen LogP contribution in [0.1, 0.15) is 50.7 Å². The van der Waals surface area contributed by atoms with Crippen LogP contribution in [0.5, 0.6) is 0 Å². The van der Waals surface area contributed by atoms with Crippen molar-refractivity contribution in [3.8, 4) is 0 Å². The fraction of sp³-hybridized carbons (Fsp3) is 0.783. The van der Waals surface area contributed by atoms with E-state index in [0.717, 1.165) is 89.6 Å². The van der Waals surface area contributed by atoms with Gasteiger partial charge in [0.2, 0.25) is 0 Å². The monoisotopic (exact) mass is 418 g/mol. The van der Waals surface area contributed by atoms with Gasteiger partial charge in [0.05, 0.1) is 19.0 Å². The first kappa shape index (κ1) is 21.7. The van der Waals surface area contributed by atoms with E-state index < -0.39 is 0 Å². The molecule has 0 aromatic carbocycles. The van der Waals surface area contributed by atoms with Crippen LogP contribution in [-0.2, 0) is 11.2 Å². The highest BCUT2D eigenvalue weighted by molar-refractivity contribution is 5.80. The standard InChI is InChI=1S/C23H38N4O3/c28-22-6-2-1-5-21(22)27-12-8-19(9-13-27)26-23(25-16-18-10-15-29-17-18)24-11-7-20-4-3-14-30-20/h3-4,14,18-19,21-22,28H,1-2,5-13,15-17H2,(H2,24,25,26). The van der Waals surface area contributed by atoms with Gasteiger partial charge < -0.3 is 24.9 Å². The summed E-state index contributed by atoms with van der Waals surface area (Å²) >= 11 is 0. The van der Waals surface area contributed by atoms with E-state index in [1.54, 1.807) is 6.26 Å². The van der Waals surface area contributed by atoms with Gasteiger partial charge in [-0.15, -0.1) is 0 Å². The topological polar surface area (TPSA) is 82.3 Å². The Balaban J connectivity index is 1.26. The SMILES string of the molecule is OC1CCCCC1N1CCC(NC(=NCC2CCOC2)NCCc2ccco2)CC1. The average molecular weight is 419 g/mol. The lowest BCUT2D eigenvalue weighted by Crippen LogP contribution is -2.53. The Bertz CT molecular complexity index is 637. The molecular formula is C23H38N4O3. The lowest BCUT2D eigenvalue weighted by Gasteiger charge is -2.41. The minimum absolute atomic E-state index is 0.141. The van der Waals surface area contributed by atoms with Crippen LogP contribution in [0.15, 0.2) is 27.8 Å². The number of aliphatic hydroxyl groups excluding tert-OH is 1. The molecule has 3 unspecified atom stereocenters. The van der Waals surface area contributed by atoms with E-state index in [2.05, 4.69) is 15.5 Å². The second-order valence-electron chi connectivity index (χ2n) is 9.05. The van der Waals surface area contributed by atoms with Crippen molar-refractivity contribution in [3.05, 3.63) is 24.2 Å². The third-order valence-electron chi connectivity index (χ3n) is 6.81. The van der Waals surface area contributed by atoms with Crippen LogP contribution in [0.25, 0.3) is 0 Å². The molecule has 3 atom stereocenters. The molecule has 3 fully saturated rings. The van der Waals surface area contributed by atoms with Gasteiger partial charge in [0.25, 0.3) is 0 Å². The molecule has 3 heterocycles. The molecule has 30 heavy (non-hydrogen) atoms. The Kier molecular flexibility index (Phi) is 8.06. The summed E-state index contributed by atoms with van der Waals surface area (Å²) in [5, 5.41) is 17.5. The van der Waals surface area contributed by atoms with Gasteiger partial charge in [0.1, 0.15) is 5.76 Å². The first-order valence-corrected chi connectivity index (χ1v) is 11.8. The number of aliphatic imine (C=N–C) groups is 1. The summed E-state index contributed by atoms with van der Waals surface area (Å²) in [5.41, 5.74) is 0. The van der Waals surface area contributed by atoms with E-state index in [0.29, 0.717) is 18.0 Å². The Labute approximate surface area is 180 Å². The second kappa shape index (κ2) is 11.2. The molecule has 1 saturated carbocycles. The zero-order valence-corrected chi connectivity index (χ0v) is 18.1. The Morgan fingerprint density at radius 1 is 1.17 bits per heavy atom. The Morgan fingerprint density at radius 2 is 2.03 bits per heavy atom. The molecule has 2 saturated heterocycles. The maximum absolute atomic E-state index is 10.4. The molecule has 168 valence electrons. The zero-order chi connectivity index (χ0) is 20.6. The van der Waals surface area contributed by atoms with Gasteiger partial charge >= 0.3 is 0 Å². The first-order chi connectivity index (χ1) is 14.8. The summed E-state index contributed by atoms with van der Waals surface area (Å²) in [4.78, 5) is 7.38. The highest BCUT2D eigenvalue weighted by Gasteiger charge is 2.31. The van der Waals surface area contributed by atoms with Crippen molar-refractivity contribution in [2.24, 2.45) is 10.9 Å². The summed E-state index contributed by atoms with van der Waals surface area (Å²) in [5.74, 6) is 2.43. The van der Waals surface area contributed by atoms with Crippen LogP contribution < -0.4 is 10.6 Å². The molecule has 1 aliphatic carbocycles. The average Bonchev–Trinajstić information content (AvgIpc) is 3.47. The van der Waals surface area contributed by atoms with Gasteiger partial charge in [0, 0.05) is 57.2 Å². The van der Waals surface area contributed by atoms with Gasteiger partial charge in [0.15, 0.2) is 5.96 Å². The molecule has 2 aliphatic heterocycles. The lowest BCUT2D eigenvalue weighted by atomic mass is 9.89. The summed E-state index contributed by atoms with van der Waals surface area (Å²) in [6.45, 7) is 5.40. The number of rotatable bonds is 7. The van der Waals surface area contributed by atoms with Crippen molar-refractivity contribution >= 4 is 5.96 Å². The zero-order valence-electron chi connectivity index (χ0n) is 18.1. The second-order valence-corrected chi connectivity index (χ2v) is 9.05. The van der Waals surface area contributed by atoms with Gasteiger partial charge in [-0.1, -0.05) is 12.8 Å². The maximum Gasteiger partial charge on any atom is 0.191 e. The molecule has 4 rings (SSSR count). The van der Waals surface area contributed by atoms with E-state index in [-0.39, 0.29) is 6.10 Å². The van der Waals surface area contributed by atoms with Crippen molar-refractivity contribution in [2.45, 2.75) is 69.6 Å². The molecule has 7 heteroatoms. The maximum atomic E-state index is 10.4. The summed E-state index contributed by atoms with van der Waals surface area (Å²) < 4.78 is 10.9. The number of guanidine groups is 1. The van der Waals surface area contributed by atoms with E-state index in [9.17, 15) is 5.11 Å². The molecule has 0 bridgehead atoms. The molecule has 3 aliphatic rings. The number of nitrogens with one attached hydrogen (secondary N) is 2. The molecule has 1 aromatic heterocycles. The first-order valence-electron chi connectivity index (χ1n) is 11.8. The fourth-order valence-electron chi connectivity index (χ4n) is 4.95. The van der Waals surface area contributed by atoms with Crippen molar-refractivity contribution in [1.29, 1.82) is 0 Å². The summed E-state index contributed by atoms with van der Waals surface area (Å²) in [7, 11) is 0. The van der Waals surface area contributed by atoms with Crippen LogP contribution >= 0.6 is 0 Å². The van der Waals surface area contributed by atoms with Crippen LogP contribution in [0, 0.1) is 5.92 Å². The molecular weight excluding hydrogens is 380 g/mol. The van der Waals surface area contributed by atoms with Crippen LogP contribution in [0.2, 0.25) is 0 Å². The normalized spacial score (nSPS) is 29.2. The van der Waals surface area contributed by atoms with Crippen LogP contribution in [0.4, 0.5) is 0 Å². The molecule has 0 amide bonds. The van der Waals surface area contributed by atoms with Gasteiger partial charge in [-0.2, -0.15) is 0 Å². The predicted octanol–water partition coefficient (Wildman–Crippen LogP) is 2.16. The number of furan rings is 1. The van der Waals surface area contributed by atoms with E-state index in [1.807, 2.05) is 12.1 Å². The third-order valence-corrected chi connectivity index (χ3v) is 6.81. The Morgan fingerprint density at radius 3 is 2.77 bits per heavy atom. The van der Waals surface area contributed by atoms with E-state index in [1.165, 1.54) is 12.8 Å². The predicted molar refractivity (Wildman–Crippen MR) is 118 cm³/mol. The van der Waals surface area contributed by atoms with Crippen molar-refractivity contribution in [2.75, 3.05) is 39.4 Å². The number of likely N-dealkylation sites (tertiary alicyclic amines) is 1. The molecule has 3 N–H and O–H groups in total. The number of aliphatic hydroxyl groups is 1. The fourth-order valence-corrected chi connectivity index (χ4v) is 4.95. The van der Waals surface area contributed by atoms with Crippen molar-refractivity contribution in [3.63, 3.8) is 0 Å². The van der Waals surface area contributed by atoms with Crippen molar-refractivity contribution < 1.29 is 14.3 Å². The van der Waals surface area contributed by atoms with E-state index >= 15 is 0 Å². The lowest BCUT2D eigenvalue weighted by molar-refractivity contribution is 0.00810. The quantitative estimate of drug-likeness (QED) is 0.465. The van der Waals surface area contributed by atoms with Gasteiger partial charge in [-0.25, -0.2) is 0 Å². The smallest absolute Gasteiger partial charge is 0.191 e. The number of hydrogen-bond donors (Lipinski definition) is 3. The van der Waals surface area contributed by atoms with Crippen molar-refractivity contribution in [1.82, 2.24) is 15.5 Å². The van der Waals surface area contributed by atoms with Gasteiger partial charge in [-0.3, -0.25) is 9.89 Å². The summed E-state index contributed by atoms with van der Waals surface area (Å²) in [6.07, 6.45) is 10.2. The van der Waals surface area contributed by atoms with E-state index in [4.69, 9.17) is 14.1 Å². The molecule has 7 nitrogen and oxygen atoms in total. The van der Waals surface area contributed by atoms with Gasteiger partial charge in [-0.05, 0) is 44.2 Å². The Hall–Kier alpha value is -1.57. The minimum atomic E-state index is -0.141. The summed E-state index contributed by atoms with van der Waals surface area (Å²) in [6, 6.07) is 4.73. The molecule has 0 radical (unpaired) electrons. The molecule has 0 spiro atoms. The number of piperidine rings is 1. The highest BCUT2D eigenvalue weighted by atomic mass is 16.5. The third kappa shape index (κ3) is 6.22. The van der Waals surface area contributed by atoms with Crippen LogP contribution in [-0.4, -0.2) is 73.5 Å². The largest absolute Gasteiger partial charge is 0.469 e. The number of hydrogen-bond acceptors (Lipinski definition) is 5. The number of nitrogens with zero attached hydrogens (tertiary/aromatic N) is 2. The minimum Gasteiger partial charge on any atom is -0.469 e. The molecule has 1 aromatic rings. The highest BCUT2D eigenvalue weighted by Crippen LogP contribution is 2.26. The number of ether oxygens (including phenoxy) is 1. The van der Waals surface area contributed by atoms with Crippen LogP contribution in [0.3, 0.4) is 0 Å².